The number of ether oxygens (including phenoxy) is 1. The molecule has 3 aromatic rings. The SMILES string of the molecule is O=Cc1nc(-c2cc(Cl)c(OCc3ccccc3)cc2Cl)cs1. The van der Waals surface area contributed by atoms with E-state index < -0.39 is 0 Å². The van der Waals surface area contributed by atoms with Gasteiger partial charge in [0.1, 0.15) is 12.4 Å². The van der Waals surface area contributed by atoms with E-state index >= 15 is 0 Å². The van der Waals surface area contributed by atoms with Crippen molar-refractivity contribution in [2.45, 2.75) is 6.61 Å². The van der Waals surface area contributed by atoms with Gasteiger partial charge in [-0.3, -0.25) is 4.79 Å². The average molecular weight is 364 g/mol. The lowest BCUT2D eigenvalue weighted by molar-refractivity contribution is 0.112. The lowest BCUT2D eigenvalue weighted by atomic mass is 10.1. The number of hydrogen-bond acceptors (Lipinski definition) is 4. The van der Waals surface area contributed by atoms with Gasteiger partial charge >= 0.3 is 0 Å². The van der Waals surface area contributed by atoms with Gasteiger partial charge in [-0.1, -0.05) is 53.5 Å². The van der Waals surface area contributed by atoms with Gasteiger partial charge in [-0.15, -0.1) is 11.3 Å². The first kappa shape index (κ1) is 16.0. The highest BCUT2D eigenvalue weighted by Gasteiger charge is 2.13. The van der Waals surface area contributed by atoms with Crippen molar-refractivity contribution in [1.29, 1.82) is 0 Å². The Morgan fingerprint density at radius 1 is 1.13 bits per heavy atom. The third-order valence-electron chi connectivity index (χ3n) is 3.16. The van der Waals surface area contributed by atoms with Crippen LogP contribution in [0.2, 0.25) is 10.0 Å². The highest BCUT2D eigenvalue weighted by Crippen LogP contribution is 2.37. The van der Waals surface area contributed by atoms with Gasteiger partial charge in [0.2, 0.25) is 0 Å². The molecule has 0 aliphatic heterocycles. The molecule has 0 unspecified atom stereocenters. The summed E-state index contributed by atoms with van der Waals surface area (Å²) in [5, 5.41) is 3.09. The summed E-state index contributed by atoms with van der Waals surface area (Å²) >= 11 is 13.8. The number of rotatable bonds is 5. The molecule has 23 heavy (non-hydrogen) atoms. The second-order valence-electron chi connectivity index (χ2n) is 4.73. The fraction of sp³-hybridized carbons (Fsp3) is 0.0588. The van der Waals surface area contributed by atoms with Crippen molar-refractivity contribution in [3.05, 3.63) is 68.5 Å². The van der Waals surface area contributed by atoms with Gasteiger partial charge in [0.15, 0.2) is 11.3 Å². The maximum Gasteiger partial charge on any atom is 0.178 e. The molecule has 0 aliphatic rings. The third kappa shape index (κ3) is 3.72. The molecule has 0 spiro atoms. The minimum absolute atomic E-state index is 0.400. The number of halogens is 2. The Kier molecular flexibility index (Phi) is 4.96. The minimum atomic E-state index is 0.400. The van der Waals surface area contributed by atoms with Gasteiger partial charge in [-0.2, -0.15) is 0 Å². The number of carbonyl (C=O) groups is 1. The highest BCUT2D eigenvalue weighted by molar-refractivity contribution is 7.11. The number of carbonyl (C=O) groups excluding carboxylic acids is 1. The Morgan fingerprint density at radius 3 is 2.61 bits per heavy atom. The molecule has 0 atom stereocenters. The predicted molar refractivity (Wildman–Crippen MR) is 93.7 cm³/mol. The van der Waals surface area contributed by atoms with Crippen molar-refractivity contribution in [2.24, 2.45) is 0 Å². The zero-order chi connectivity index (χ0) is 16.2. The second-order valence-corrected chi connectivity index (χ2v) is 6.43. The molecule has 0 amide bonds. The fourth-order valence-electron chi connectivity index (χ4n) is 2.04. The van der Waals surface area contributed by atoms with Crippen molar-refractivity contribution in [3.63, 3.8) is 0 Å². The number of aldehydes is 1. The van der Waals surface area contributed by atoms with Crippen molar-refractivity contribution in [2.75, 3.05) is 0 Å². The van der Waals surface area contributed by atoms with Crippen LogP contribution in [-0.4, -0.2) is 11.3 Å². The summed E-state index contributed by atoms with van der Waals surface area (Å²) in [4.78, 5) is 14.9. The predicted octanol–water partition coefficient (Wildman–Crippen LogP) is 5.51. The molecule has 0 saturated heterocycles. The van der Waals surface area contributed by atoms with E-state index in [0.29, 0.717) is 45.0 Å². The lowest BCUT2D eigenvalue weighted by Crippen LogP contribution is -1.96. The first-order valence-electron chi connectivity index (χ1n) is 6.74. The molecule has 0 radical (unpaired) electrons. The molecule has 2 aromatic carbocycles. The van der Waals surface area contributed by atoms with E-state index in [9.17, 15) is 4.79 Å². The van der Waals surface area contributed by atoms with E-state index in [0.717, 1.165) is 5.56 Å². The van der Waals surface area contributed by atoms with Gasteiger partial charge in [0, 0.05) is 17.0 Å². The third-order valence-corrected chi connectivity index (χ3v) is 4.54. The molecule has 1 heterocycles. The summed E-state index contributed by atoms with van der Waals surface area (Å²) in [5.74, 6) is 0.509. The largest absolute Gasteiger partial charge is 0.487 e. The molecule has 3 rings (SSSR count). The molecule has 6 heteroatoms. The van der Waals surface area contributed by atoms with E-state index in [2.05, 4.69) is 4.98 Å². The van der Waals surface area contributed by atoms with Gasteiger partial charge in [-0.25, -0.2) is 4.98 Å². The summed E-state index contributed by atoms with van der Waals surface area (Å²) in [6.07, 6.45) is 0.709. The Hall–Kier alpha value is -1.88. The quantitative estimate of drug-likeness (QED) is 0.561. The maximum atomic E-state index is 10.7. The van der Waals surface area contributed by atoms with Crippen molar-refractivity contribution >= 4 is 40.8 Å². The van der Waals surface area contributed by atoms with Gasteiger partial charge < -0.3 is 4.74 Å². The summed E-state index contributed by atoms with van der Waals surface area (Å²) in [7, 11) is 0. The standard InChI is InChI=1S/C17H11Cl2NO2S/c18-13-7-16(22-9-11-4-2-1-3-5-11)14(19)6-12(13)15-10-23-17(8-21)20-15/h1-8,10H,9H2. The molecular weight excluding hydrogens is 353 g/mol. The lowest BCUT2D eigenvalue weighted by Gasteiger charge is -2.10. The summed E-state index contributed by atoms with van der Waals surface area (Å²) in [6.45, 7) is 0.405. The Morgan fingerprint density at radius 2 is 1.91 bits per heavy atom. The summed E-state index contributed by atoms with van der Waals surface area (Å²) in [6, 6.07) is 13.2. The number of aromatic nitrogens is 1. The highest BCUT2D eigenvalue weighted by atomic mass is 35.5. The number of nitrogens with zero attached hydrogens (tertiary/aromatic N) is 1. The van der Waals surface area contributed by atoms with E-state index in [4.69, 9.17) is 27.9 Å². The summed E-state index contributed by atoms with van der Waals surface area (Å²) in [5.41, 5.74) is 2.34. The minimum Gasteiger partial charge on any atom is -0.487 e. The molecule has 1 aromatic heterocycles. The monoisotopic (exact) mass is 363 g/mol. The molecule has 0 saturated carbocycles. The van der Waals surface area contributed by atoms with Crippen LogP contribution in [0.4, 0.5) is 0 Å². The van der Waals surface area contributed by atoms with E-state index in [1.54, 1.807) is 17.5 Å². The number of hydrogen-bond donors (Lipinski definition) is 0. The molecular formula is C17H11Cl2NO2S. The second kappa shape index (κ2) is 7.13. The molecule has 3 nitrogen and oxygen atoms in total. The van der Waals surface area contributed by atoms with Crippen molar-refractivity contribution in [1.82, 2.24) is 4.98 Å². The molecule has 116 valence electrons. The first-order valence-corrected chi connectivity index (χ1v) is 8.38. The van der Waals surface area contributed by atoms with Crippen molar-refractivity contribution < 1.29 is 9.53 Å². The fourth-order valence-corrected chi connectivity index (χ4v) is 3.12. The topological polar surface area (TPSA) is 39.2 Å². The Balaban J connectivity index is 1.83. The zero-order valence-electron chi connectivity index (χ0n) is 11.8. The van der Waals surface area contributed by atoms with Gasteiger partial charge in [0.05, 0.1) is 15.7 Å². The maximum absolute atomic E-state index is 10.7. The zero-order valence-corrected chi connectivity index (χ0v) is 14.2. The van der Waals surface area contributed by atoms with Gasteiger partial charge in [-0.05, 0) is 11.6 Å². The smallest absolute Gasteiger partial charge is 0.178 e. The first-order chi connectivity index (χ1) is 11.2. The van der Waals surface area contributed by atoms with Crippen LogP contribution < -0.4 is 4.74 Å². The van der Waals surface area contributed by atoms with Crippen LogP contribution in [0.3, 0.4) is 0 Å². The molecule has 0 fully saturated rings. The van der Waals surface area contributed by atoms with Crippen LogP contribution in [0.25, 0.3) is 11.3 Å². The molecule has 0 bridgehead atoms. The summed E-state index contributed by atoms with van der Waals surface area (Å²) < 4.78 is 5.73. The van der Waals surface area contributed by atoms with Crippen LogP contribution in [0.15, 0.2) is 47.8 Å². The Labute approximate surface area is 147 Å². The molecule has 0 aliphatic carbocycles. The van der Waals surface area contributed by atoms with Crippen LogP contribution in [-0.2, 0) is 6.61 Å². The van der Waals surface area contributed by atoms with Crippen LogP contribution in [0.1, 0.15) is 15.4 Å². The van der Waals surface area contributed by atoms with Crippen LogP contribution in [0, 0.1) is 0 Å². The Bertz CT molecular complexity index is 834. The number of benzene rings is 2. The van der Waals surface area contributed by atoms with Gasteiger partial charge in [0.25, 0.3) is 0 Å². The van der Waals surface area contributed by atoms with Crippen LogP contribution >= 0.6 is 34.5 Å². The van der Waals surface area contributed by atoms with E-state index in [-0.39, 0.29) is 0 Å². The number of thiazole rings is 1. The van der Waals surface area contributed by atoms with E-state index in [1.807, 2.05) is 30.3 Å². The van der Waals surface area contributed by atoms with E-state index in [1.165, 1.54) is 11.3 Å². The van der Waals surface area contributed by atoms with Crippen LogP contribution in [0.5, 0.6) is 5.75 Å². The van der Waals surface area contributed by atoms with Crippen molar-refractivity contribution in [3.8, 4) is 17.0 Å². The average Bonchev–Trinajstić information content (AvgIpc) is 3.05. The molecule has 0 N–H and O–H groups in total. The normalized spacial score (nSPS) is 10.5.